The molecule has 0 radical (unpaired) electrons. The molecule has 2 aliphatic heterocycles. The van der Waals surface area contributed by atoms with Gasteiger partial charge in [-0.1, -0.05) is 24.3 Å². The van der Waals surface area contributed by atoms with Crippen LogP contribution in [0.5, 0.6) is 5.75 Å². The number of nitrogens with zero attached hydrogens (tertiary/aromatic N) is 3. The van der Waals surface area contributed by atoms with Crippen LogP contribution < -0.4 is 4.74 Å². The van der Waals surface area contributed by atoms with E-state index in [0.29, 0.717) is 43.7 Å². The standard InChI is InChI=1S/C26H26F4N4O3/c27-20-3-1-2-17(11-20)23-12-24(32-31-23)19-10-18(16-4-6-22(7-5-16)37-26(28,29)30)13-34(14-19)25(36)33-9-8-21(35)15-33/h1-7,11-12,18-19,21,35H,8-10,13-15H2,(H,31,32). The van der Waals surface area contributed by atoms with Crippen molar-refractivity contribution in [3.05, 3.63) is 71.7 Å². The summed E-state index contributed by atoms with van der Waals surface area (Å²) in [6.07, 6.45) is -4.19. The van der Waals surface area contributed by atoms with Gasteiger partial charge in [0.1, 0.15) is 11.6 Å². The average molecular weight is 519 g/mol. The van der Waals surface area contributed by atoms with Gasteiger partial charge in [-0.25, -0.2) is 9.18 Å². The quantitative estimate of drug-likeness (QED) is 0.483. The number of urea groups is 1. The molecule has 3 atom stereocenters. The molecule has 2 fully saturated rings. The Balaban J connectivity index is 1.40. The second-order valence-corrected chi connectivity index (χ2v) is 9.54. The number of ether oxygens (including phenoxy) is 1. The summed E-state index contributed by atoms with van der Waals surface area (Å²) in [5.41, 5.74) is 2.75. The lowest BCUT2D eigenvalue weighted by Crippen LogP contribution is -2.48. The maximum atomic E-state index is 13.7. The molecular formula is C26H26F4N4O3. The molecule has 2 aromatic carbocycles. The van der Waals surface area contributed by atoms with E-state index in [1.165, 1.54) is 24.3 Å². The summed E-state index contributed by atoms with van der Waals surface area (Å²) in [6, 6.07) is 13.5. The first kappa shape index (κ1) is 25.1. The first-order valence-electron chi connectivity index (χ1n) is 12.0. The number of amides is 2. The van der Waals surface area contributed by atoms with Gasteiger partial charge in [0, 0.05) is 49.3 Å². The minimum absolute atomic E-state index is 0.142. The van der Waals surface area contributed by atoms with Gasteiger partial charge in [0.15, 0.2) is 0 Å². The third-order valence-electron chi connectivity index (χ3n) is 6.90. The van der Waals surface area contributed by atoms with Crippen LogP contribution in [-0.4, -0.2) is 69.8 Å². The summed E-state index contributed by atoms with van der Waals surface area (Å²) in [4.78, 5) is 16.6. The van der Waals surface area contributed by atoms with Crippen LogP contribution in [0, 0.1) is 5.82 Å². The summed E-state index contributed by atoms with van der Waals surface area (Å²) in [5, 5.41) is 17.3. The third kappa shape index (κ3) is 5.87. The van der Waals surface area contributed by atoms with Crippen molar-refractivity contribution < 1.29 is 32.2 Å². The lowest BCUT2D eigenvalue weighted by atomic mass is 9.83. The van der Waals surface area contributed by atoms with Gasteiger partial charge in [0.05, 0.1) is 11.8 Å². The van der Waals surface area contributed by atoms with E-state index in [4.69, 9.17) is 0 Å². The lowest BCUT2D eigenvalue weighted by Gasteiger charge is -2.39. The molecule has 0 aliphatic carbocycles. The summed E-state index contributed by atoms with van der Waals surface area (Å²) in [6.45, 7) is 1.51. The van der Waals surface area contributed by atoms with Crippen LogP contribution in [0.4, 0.5) is 22.4 Å². The molecule has 3 aromatic rings. The summed E-state index contributed by atoms with van der Waals surface area (Å²) < 4.78 is 55.4. The summed E-state index contributed by atoms with van der Waals surface area (Å²) in [7, 11) is 0. The van der Waals surface area contributed by atoms with Crippen molar-refractivity contribution in [1.82, 2.24) is 20.0 Å². The number of aromatic amines is 1. The number of hydrogen-bond acceptors (Lipinski definition) is 4. The van der Waals surface area contributed by atoms with E-state index < -0.39 is 12.5 Å². The van der Waals surface area contributed by atoms with Gasteiger partial charge in [-0.2, -0.15) is 5.10 Å². The molecule has 37 heavy (non-hydrogen) atoms. The van der Waals surface area contributed by atoms with Crippen molar-refractivity contribution in [2.24, 2.45) is 0 Å². The molecule has 7 nitrogen and oxygen atoms in total. The van der Waals surface area contributed by atoms with E-state index in [-0.39, 0.29) is 36.0 Å². The molecule has 3 heterocycles. The topological polar surface area (TPSA) is 81.7 Å². The summed E-state index contributed by atoms with van der Waals surface area (Å²) >= 11 is 0. The molecule has 5 rings (SSSR count). The SMILES string of the molecule is O=C(N1CCC(O)C1)N1CC(c2ccc(OC(F)(F)F)cc2)CC(c2cc(-c3cccc(F)c3)n[nH]2)C1. The van der Waals surface area contributed by atoms with Crippen LogP contribution in [-0.2, 0) is 0 Å². The number of H-pyrrole nitrogens is 1. The van der Waals surface area contributed by atoms with Crippen molar-refractivity contribution in [3.63, 3.8) is 0 Å². The highest BCUT2D eigenvalue weighted by Crippen LogP contribution is 2.37. The lowest BCUT2D eigenvalue weighted by molar-refractivity contribution is -0.274. The van der Waals surface area contributed by atoms with Crippen molar-refractivity contribution >= 4 is 6.03 Å². The van der Waals surface area contributed by atoms with Gasteiger partial charge >= 0.3 is 12.4 Å². The third-order valence-corrected chi connectivity index (χ3v) is 6.90. The highest BCUT2D eigenvalue weighted by molar-refractivity contribution is 5.75. The largest absolute Gasteiger partial charge is 0.573 e. The van der Waals surface area contributed by atoms with Gasteiger partial charge in [-0.05, 0) is 48.7 Å². The maximum Gasteiger partial charge on any atom is 0.573 e. The normalized spacial score (nSPS) is 22.4. The number of β-amino-alcohol motifs (C(OH)–C–C–N with tert-alkyl or cyclic N) is 1. The van der Waals surface area contributed by atoms with Crippen molar-refractivity contribution in [1.29, 1.82) is 0 Å². The Kier molecular flexibility index (Phi) is 6.80. The Morgan fingerprint density at radius 1 is 1.03 bits per heavy atom. The van der Waals surface area contributed by atoms with Crippen LogP contribution in [0.2, 0.25) is 0 Å². The predicted octanol–water partition coefficient (Wildman–Crippen LogP) is 4.87. The fraction of sp³-hybridized carbons (Fsp3) is 0.385. The van der Waals surface area contributed by atoms with Gasteiger partial charge in [-0.3, -0.25) is 5.10 Å². The molecule has 3 unspecified atom stereocenters. The number of aromatic nitrogens is 2. The van der Waals surface area contributed by atoms with Crippen molar-refractivity contribution in [2.45, 2.75) is 37.1 Å². The molecule has 2 aliphatic rings. The maximum absolute atomic E-state index is 13.7. The molecule has 11 heteroatoms. The molecular weight excluding hydrogens is 492 g/mol. The number of carbonyl (C=O) groups excluding carboxylic acids is 1. The number of hydrogen-bond donors (Lipinski definition) is 2. The Labute approximate surface area is 210 Å². The zero-order chi connectivity index (χ0) is 26.2. The Hall–Kier alpha value is -3.60. The highest BCUT2D eigenvalue weighted by Gasteiger charge is 2.36. The molecule has 1 aromatic heterocycles. The Bertz CT molecular complexity index is 1250. The van der Waals surface area contributed by atoms with Gasteiger partial charge in [0.2, 0.25) is 0 Å². The number of benzene rings is 2. The zero-order valence-corrected chi connectivity index (χ0v) is 19.8. The molecule has 2 N–H and O–H groups in total. The fourth-order valence-electron chi connectivity index (χ4n) is 5.12. The Morgan fingerprint density at radius 3 is 2.46 bits per heavy atom. The number of piperidine rings is 1. The monoisotopic (exact) mass is 518 g/mol. The number of aliphatic hydroxyl groups excluding tert-OH is 1. The predicted molar refractivity (Wildman–Crippen MR) is 126 cm³/mol. The minimum Gasteiger partial charge on any atom is -0.406 e. The number of likely N-dealkylation sites (tertiary alicyclic amines) is 2. The van der Waals surface area contributed by atoms with E-state index in [0.717, 1.165) is 11.3 Å². The second-order valence-electron chi connectivity index (χ2n) is 9.54. The van der Waals surface area contributed by atoms with Crippen LogP contribution in [0.15, 0.2) is 54.6 Å². The van der Waals surface area contributed by atoms with Gasteiger partial charge < -0.3 is 19.6 Å². The zero-order valence-electron chi connectivity index (χ0n) is 19.8. The number of halogens is 4. The number of alkyl halides is 3. The molecule has 0 spiro atoms. The highest BCUT2D eigenvalue weighted by atomic mass is 19.4. The van der Waals surface area contributed by atoms with E-state index in [1.54, 1.807) is 34.1 Å². The van der Waals surface area contributed by atoms with E-state index in [9.17, 15) is 27.5 Å². The number of aliphatic hydroxyl groups is 1. The number of carbonyl (C=O) groups is 1. The summed E-state index contributed by atoms with van der Waals surface area (Å²) in [5.74, 6) is -0.981. The molecule has 196 valence electrons. The average Bonchev–Trinajstić information content (AvgIpc) is 3.52. The number of rotatable bonds is 4. The van der Waals surface area contributed by atoms with E-state index in [1.807, 2.05) is 6.07 Å². The van der Waals surface area contributed by atoms with Crippen LogP contribution in [0.25, 0.3) is 11.3 Å². The molecule has 0 saturated carbocycles. The van der Waals surface area contributed by atoms with E-state index >= 15 is 0 Å². The smallest absolute Gasteiger partial charge is 0.406 e. The van der Waals surface area contributed by atoms with Crippen molar-refractivity contribution in [3.8, 4) is 17.0 Å². The first-order chi connectivity index (χ1) is 17.6. The fourth-order valence-corrected chi connectivity index (χ4v) is 5.12. The van der Waals surface area contributed by atoms with Gasteiger partial charge in [-0.15, -0.1) is 13.2 Å². The molecule has 0 bridgehead atoms. The van der Waals surface area contributed by atoms with E-state index in [2.05, 4.69) is 14.9 Å². The van der Waals surface area contributed by atoms with Crippen molar-refractivity contribution in [2.75, 3.05) is 26.2 Å². The number of nitrogens with one attached hydrogen (secondary N) is 1. The molecule has 2 amide bonds. The van der Waals surface area contributed by atoms with Crippen LogP contribution in [0.3, 0.4) is 0 Å². The van der Waals surface area contributed by atoms with Crippen LogP contribution in [0.1, 0.15) is 35.9 Å². The van der Waals surface area contributed by atoms with Crippen LogP contribution >= 0.6 is 0 Å². The minimum atomic E-state index is -4.78. The first-order valence-corrected chi connectivity index (χ1v) is 12.0. The molecule has 2 saturated heterocycles. The Morgan fingerprint density at radius 2 is 1.78 bits per heavy atom. The van der Waals surface area contributed by atoms with Gasteiger partial charge in [0.25, 0.3) is 0 Å². The second kappa shape index (κ2) is 10.0.